The monoisotopic (exact) mass is 434 g/mol. The van der Waals surface area contributed by atoms with Crippen LogP contribution in [0.25, 0.3) is 6.08 Å². The molecule has 164 valence electrons. The Bertz CT molecular complexity index is 1120. The van der Waals surface area contributed by atoms with Crippen LogP contribution < -0.4 is 19.5 Å². The summed E-state index contributed by atoms with van der Waals surface area (Å²) >= 11 is 0. The van der Waals surface area contributed by atoms with E-state index in [1.54, 1.807) is 48.5 Å². The average Bonchev–Trinajstić information content (AvgIpc) is 3.49. The van der Waals surface area contributed by atoms with Crippen molar-refractivity contribution in [3.8, 4) is 17.2 Å². The molecule has 8 nitrogen and oxygen atoms in total. The molecule has 3 aromatic rings. The molecule has 0 fully saturated rings. The van der Waals surface area contributed by atoms with Gasteiger partial charge in [0.1, 0.15) is 18.1 Å². The molecule has 32 heavy (non-hydrogen) atoms. The van der Waals surface area contributed by atoms with Crippen molar-refractivity contribution in [2.45, 2.75) is 6.54 Å². The molecule has 8 heteroatoms. The molecule has 0 atom stereocenters. The third kappa shape index (κ3) is 5.10. The van der Waals surface area contributed by atoms with Gasteiger partial charge in [0, 0.05) is 6.08 Å². The van der Waals surface area contributed by atoms with Crippen molar-refractivity contribution in [3.63, 3.8) is 0 Å². The zero-order valence-corrected chi connectivity index (χ0v) is 17.4. The number of methoxy groups -OCH3 is 1. The molecule has 2 amide bonds. The van der Waals surface area contributed by atoms with Crippen LogP contribution in [-0.2, 0) is 16.1 Å². The van der Waals surface area contributed by atoms with E-state index in [4.69, 9.17) is 18.6 Å². The van der Waals surface area contributed by atoms with E-state index in [1.807, 2.05) is 12.1 Å². The van der Waals surface area contributed by atoms with Gasteiger partial charge < -0.3 is 28.8 Å². The lowest BCUT2D eigenvalue weighted by atomic mass is 10.2. The molecule has 0 spiro atoms. The minimum Gasteiger partial charge on any atom is -0.495 e. The van der Waals surface area contributed by atoms with Gasteiger partial charge in [0.15, 0.2) is 11.5 Å². The summed E-state index contributed by atoms with van der Waals surface area (Å²) in [7, 11) is 1.53. The quantitative estimate of drug-likeness (QED) is 0.544. The minimum atomic E-state index is -0.356. The van der Waals surface area contributed by atoms with E-state index < -0.39 is 0 Å². The summed E-state index contributed by atoms with van der Waals surface area (Å²) in [5, 5.41) is 2.79. The lowest BCUT2D eigenvalue weighted by Gasteiger charge is -2.20. The Morgan fingerprint density at radius 3 is 2.75 bits per heavy atom. The second-order valence-electron chi connectivity index (χ2n) is 6.97. The summed E-state index contributed by atoms with van der Waals surface area (Å²) in [6, 6.07) is 16.0. The fourth-order valence-electron chi connectivity index (χ4n) is 3.20. The molecular weight excluding hydrogens is 412 g/mol. The molecule has 1 aromatic heterocycles. The van der Waals surface area contributed by atoms with Gasteiger partial charge >= 0.3 is 0 Å². The molecule has 0 saturated carbocycles. The molecule has 0 bridgehead atoms. The predicted molar refractivity (Wildman–Crippen MR) is 117 cm³/mol. The molecule has 0 aliphatic carbocycles. The second kappa shape index (κ2) is 9.74. The number of anilines is 1. The van der Waals surface area contributed by atoms with Crippen LogP contribution >= 0.6 is 0 Å². The Kier molecular flexibility index (Phi) is 6.41. The van der Waals surface area contributed by atoms with Gasteiger partial charge in [-0.3, -0.25) is 9.59 Å². The van der Waals surface area contributed by atoms with Crippen molar-refractivity contribution >= 4 is 23.6 Å². The van der Waals surface area contributed by atoms with Crippen LogP contribution in [0.5, 0.6) is 17.2 Å². The van der Waals surface area contributed by atoms with E-state index in [9.17, 15) is 9.59 Å². The number of benzene rings is 2. The number of carbonyl (C=O) groups is 2. The van der Waals surface area contributed by atoms with Gasteiger partial charge in [0.2, 0.25) is 18.6 Å². The van der Waals surface area contributed by atoms with Gasteiger partial charge in [-0.1, -0.05) is 18.2 Å². The average molecular weight is 434 g/mol. The van der Waals surface area contributed by atoms with Crippen LogP contribution in [0.2, 0.25) is 0 Å². The first kappa shape index (κ1) is 21.0. The Hall–Kier alpha value is -4.20. The molecular formula is C24H22N2O6. The largest absolute Gasteiger partial charge is 0.495 e. The van der Waals surface area contributed by atoms with Crippen LogP contribution in [0.4, 0.5) is 5.69 Å². The highest BCUT2D eigenvalue weighted by molar-refractivity contribution is 5.98. The van der Waals surface area contributed by atoms with Gasteiger partial charge in [-0.15, -0.1) is 0 Å². The normalized spacial score (nSPS) is 12.0. The summed E-state index contributed by atoms with van der Waals surface area (Å²) < 4.78 is 21.3. The summed E-state index contributed by atoms with van der Waals surface area (Å²) in [6.07, 6.45) is 4.60. The Balaban J connectivity index is 1.47. The number of rotatable bonds is 8. The fraction of sp³-hybridized carbons (Fsp3) is 0.167. The van der Waals surface area contributed by atoms with E-state index in [-0.39, 0.29) is 31.7 Å². The maximum absolute atomic E-state index is 12.9. The molecule has 0 unspecified atom stereocenters. The van der Waals surface area contributed by atoms with Gasteiger partial charge in [-0.05, 0) is 48.0 Å². The second-order valence-corrected chi connectivity index (χ2v) is 6.97. The van der Waals surface area contributed by atoms with Crippen molar-refractivity contribution in [2.75, 3.05) is 25.8 Å². The highest BCUT2D eigenvalue weighted by atomic mass is 16.7. The molecule has 1 aliphatic rings. The number of amides is 2. The molecule has 2 heterocycles. The minimum absolute atomic E-state index is 0.149. The Morgan fingerprint density at radius 1 is 1.09 bits per heavy atom. The first-order valence-electron chi connectivity index (χ1n) is 9.94. The van der Waals surface area contributed by atoms with Crippen molar-refractivity contribution in [3.05, 3.63) is 78.3 Å². The van der Waals surface area contributed by atoms with E-state index in [0.29, 0.717) is 28.7 Å². The first-order valence-corrected chi connectivity index (χ1v) is 9.94. The van der Waals surface area contributed by atoms with E-state index in [2.05, 4.69) is 5.32 Å². The topological polar surface area (TPSA) is 90.2 Å². The van der Waals surface area contributed by atoms with E-state index in [1.165, 1.54) is 24.3 Å². The van der Waals surface area contributed by atoms with Crippen molar-refractivity contribution in [1.29, 1.82) is 0 Å². The van der Waals surface area contributed by atoms with Gasteiger partial charge in [-0.25, -0.2) is 0 Å². The maximum atomic E-state index is 12.9. The Labute approximate surface area is 185 Å². The molecule has 1 N–H and O–H groups in total. The number of hydrogen-bond donors (Lipinski definition) is 1. The lowest BCUT2D eigenvalue weighted by Crippen LogP contribution is -2.36. The third-order valence-electron chi connectivity index (χ3n) is 4.77. The molecule has 0 saturated heterocycles. The zero-order chi connectivity index (χ0) is 22.3. The summed E-state index contributed by atoms with van der Waals surface area (Å²) in [4.78, 5) is 27.0. The number of nitrogens with zero attached hydrogens (tertiary/aromatic N) is 1. The number of carbonyl (C=O) groups excluding carboxylic acids is 2. The number of para-hydroxylation sites is 2. The van der Waals surface area contributed by atoms with Crippen LogP contribution in [0.3, 0.4) is 0 Å². The highest BCUT2D eigenvalue weighted by Crippen LogP contribution is 2.32. The molecule has 0 radical (unpaired) electrons. The number of hydrogen-bond acceptors (Lipinski definition) is 6. The van der Waals surface area contributed by atoms with Crippen LogP contribution in [0.1, 0.15) is 11.3 Å². The zero-order valence-electron chi connectivity index (χ0n) is 17.4. The van der Waals surface area contributed by atoms with Gasteiger partial charge in [-0.2, -0.15) is 0 Å². The SMILES string of the molecule is COc1ccccc1NC(=O)CN(Cc1ccco1)C(=O)/C=C/c1ccc2c(c1)OCO2. The third-order valence-corrected chi connectivity index (χ3v) is 4.77. The van der Waals surface area contributed by atoms with Crippen LogP contribution in [0.15, 0.2) is 71.4 Å². The number of furan rings is 1. The lowest BCUT2D eigenvalue weighted by molar-refractivity contribution is -0.131. The highest BCUT2D eigenvalue weighted by Gasteiger charge is 2.18. The van der Waals surface area contributed by atoms with E-state index >= 15 is 0 Å². The number of fused-ring (bicyclic) bond motifs is 1. The maximum Gasteiger partial charge on any atom is 0.247 e. The van der Waals surface area contributed by atoms with Gasteiger partial charge in [0.05, 0.1) is 25.6 Å². The standard InChI is InChI=1S/C24H22N2O6/c1-29-20-7-3-2-6-19(20)25-23(27)15-26(14-18-5-4-12-30-18)24(28)11-9-17-8-10-21-22(13-17)32-16-31-21/h2-13H,14-16H2,1H3,(H,25,27)/b11-9+. The molecule has 1 aliphatic heterocycles. The number of ether oxygens (including phenoxy) is 3. The Morgan fingerprint density at radius 2 is 1.94 bits per heavy atom. The predicted octanol–water partition coefficient (Wildman–Crippen LogP) is 3.70. The van der Waals surface area contributed by atoms with E-state index in [0.717, 1.165) is 5.56 Å². The van der Waals surface area contributed by atoms with Crippen molar-refractivity contribution < 1.29 is 28.2 Å². The van der Waals surface area contributed by atoms with Crippen LogP contribution in [-0.4, -0.2) is 37.2 Å². The summed E-state index contributed by atoms with van der Waals surface area (Å²) in [5.41, 5.74) is 1.31. The summed E-state index contributed by atoms with van der Waals surface area (Å²) in [5.74, 6) is 1.71. The molecule has 4 rings (SSSR count). The van der Waals surface area contributed by atoms with Gasteiger partial charge in [0.25, 0.3) is 0 Å². The molecule has 2 aromatic carbocycles. The number of nitrogens with one attached hydrogen (secondary N) is 1. The fourth-order valence-corrected chi connectivity index (χ4v) is 3.20. The summed E-state index contributed by atoms with van der Waals surface area (Å²) in [6.45, 7) is 0.166. The van der Waals surface area contributed by atoms with Crippen molar-refractivity contribution in [1.82, 2.24) is 4.90 Å². The first-order chi connectivity index (χ1) is 15.6. The van der Waals surface area contributed by atoms with Crippen LogP contribution in [0, 0.1) is 0 Å². The smallest absolute Gasteiger partial charge is 0.247 e. The van der Waals surface area contributed by atoms with Crippen molar-refractivity contribution in [2.24, 2.45) is 0 Å².